The fourth-order valence-corrected chi connectivity index (χ4v) is 3.35. The van der Waals surface area contributed by atoms with Gasteiger partial charge in [-0.3, -0.25) is 9.69 Å². The summed E-state index contributed by atoms with van der Waals surface area (Å²) in [7, 11) is 2.16. The van der Waals surface area contributed by atoms with Crippen molar-refractivity contribution in [2.24, 2.45) is 4.99 Å². The summed E-state index contributed by atoms with van der Waals surface area (Å²) in [6.07, 6.45) is 1.95. The lowest BCUT2D eigenvalue weighted by atomic mass is 10.3. The monoisotopic (exact) mass is 308 g/mol. The molecule has 21 heavy (non-hydrogen) atoms. The summed E-state index contributed by atoms with van der Waals surface area (Å²) in [6.45, 7) is 5.57. The number of nitrogens with one attached hydrogen (secondary N) is 1. The van der Waals surface area contributed by atoms with Crippen LogP contribution in [0.5, 0.6) is 0 Å². The number of amidine groups is 1. The summed E-state index contributed by atoms with van der Waals surface area (Å²) in [6, 6.07) is 1.85. The number of piperazine rings is 1. The van der Waals surface area contributed by atoms with Crippen LogP contribution in [0.2, 0.25) is 0 Å². The Morgan fingerprint density at radius 1 is 1.43 bits per heavy atom. The molecule has 2 aliphatic rings. The molecule has 1 aromatic heterocycles. The van der Waals surface area contributed by atoms with Gasteiger partial charge in [0.15, 0.2) is 11.5 Å². The van der Waals surface area contributed by atoms with Crippen molar-refractivity contribution < 1.29 is 4.79 Å². The SMILES string of the molecule is CN1CCN(CCSC2=NC(C=O)n3nccc3N2)CC1. The van der Waals surface area contributed by atoms with Gasteiger partial charge in [-0.1, -0.05) is 11.8 Å². The van der Waals surface area contributed by atoms with Crippen LogP contribution in [0.15, 0.2) is 17.3 Å². The Balaban J connectivity index is 1.49. The Morgan fingerprint density at radius 2 is 2.24 bits per heavy atom. The number of aliphatic imine (C=N–C) groups is 1. The number of nitrogens with zero attached hydrogens (tertiary/aromatic N) is 5. The molecule has 0 aromatic carbocycles. The van der Waals surface area contributed by atoms with E-state index in [0.717, 1.165) is 55.7 Å². The quantitative estimate of drug-likeness (QED) is 0.809. The average molecular weight is 308 g/mol. The first-order valence-corrected chi connectivity index (χ1v) is 8.12. The van der Waals surface area contributed by atoms with E-state index in [2.05, 4.69) is 32.3 Å². The average Bonchev–Trinajstić information content (AvgIpc) is 2.97. The van der Waals surface area contributed by atoms with Crippen LogP contribution in [0.3, 0.4) is 0 Å². The van der Waals surface area contributed by atoms with Gasteiger partial charge in [-0.25, -0.2) is 9.67 Å². The fraction of sp³-hybridized carbons (Fsp3) is 0.615. The summed E-state index contributed by atoms with van der Waals surface area (Å²) in [5, 5.41) is 8.11. The highest BCUT2D eigenvalue weighted by molar-refractivity contribution is 8.14. The number of likely N-dealkylation sites (N-methyl/N-ethyl adjacent to an activating group) is 1. The fourth-order valence-electron chi connectivity index (χ4n) is 2.45. The molecule has 1 aromatic rings. The molecule has 0 amide bonds. The maximum Gasteiger partial charge on any atom is 0.201 e. The number of carbonyl (C=O) groups excluding carboxylic acids is 1. The molecule has 0 saturated carbocycles. The molecule has 0 radical (unpaired) electrons. The van der Waals surface area contributed by atoms with Gasteiger partial charge in [-0.15, -0.1) is 0 Å². The number of aldehydes is 1. The molecule has 0 spiro atoms. The first-order valence-electron chi connectivity index (χ1n) is 7.13. The Labute approximate surface area is 128 Å². The summed E-state index contributed by atoms with van der Waals surface area (Å²) >= 11 is 1.66. The zero-order chi connectivity index (χ0) is 14.7. The molecular formula is C13H20N6OS. The second kappa shape index (κ2) is 6.59. The van der Waals surface area contributed by atoms with Gasteiger partial charge in [0.2, 0.25) is 6.17 Å². The number of aromatic nitrogens is 2. The van der Waals surface area contributed by atoms with Crippen LogP contribution < -0.4 is 5.32 Å². The van der Waals surface area contributed by atoms with Gasteiger partial charge in [0, 0.05) is 44.5 Å². The van der Waals surface area contributed by atoms with Crippen molar-refractivity contribution in [2.75, 3.05) is 50.8 Å². The number of rotatable bonds is 4. The maximum absolute atomic E-state index is 11.1. The molecular weight excluding hydrogens is 288 g/mol. The van der Waals surface area contributed by atoms with Gasteiger partial charge >= 0.3 is 0 Å². The largest absolute Gasteiger partial charge is 0.320 e. The van der Waals surface area contributed by atoms with Crippen LogP contribution in [-0.2, 0) is 4.79 Å². The molecule has 3 rings (SSSR count). The van der Waals surface area contributed by atoms with Crippen molar-refractivity contribution in [3.8, 4) is 0 Å². The zero-order valence-corrected chi connectivity index (χ0v) is 12.9. The van der Waals surface area contributed by atoms with Crippen molar-refractivity contribution in [1.82, 2.24) is 19.6 Å². The molecule has 1 N–H and O–H groups in total. The molecule has 1 unspecified atom stereocenters. The van der Waals surface area contributed by atoms with E-state index >= 15 is 0 Å². The number of hydrogen-bond acceptors (Lipinski definition) is 7. The standard InChI is InChI=1S/C13H20N6OS/c1-17-4-6-18(7-5-17)8-9-21-13-15-11-2-3-14-19(11)12(10-20)16-13/h2-3,10,12H,4-9H2,1H3,(H,15,16). The van der Waals surface area contributed by atoms with Crippen LogP contribution in [0.4, 0.5) is 5.82 Å². The highest BCUT2D eigenvalue weighted by atomic mass is 32.2. The van der Waals surface area contributed by atoms with E-state index in [9.17, 15) is 4.79 Å². The van der Waals surface area contributed by atoms with E-state index in [1.54, 1.807) is 22.6 Å². The molecule has 7 nitrogen and oxygen atoms in total. The number of fused-ring (bicyclic) bond motifs is 1. The van der Waals surface area contributed by atoms with E-state index < -0.39 is 6.17 Å². The third-order valence-electron chi connectivity index (χ3n) is 3.77. The van der Waals surface area contributed by atoms with Crippen LogP contribution >= 0.6 is 11.8 Å². The highest BCUT2D eigenvalue weighted by Crippen LogP contribution is 2.22. The van der Waals surface area contributed by atoms with Crippen molar-refractivity contribution in [3.63, 3.8) is 0 Å². The van der Waals surface area contributed by atoms with E-state index in [4.69, 9.17) is 0 Å². The maximum atomic E-state index is 11.1. The van der Waals surface area contributed by atoms with E-state index in [0.29, 0.717) is 0 Å². The van der Waals surface area contributed by atoms with Crippen molar-refractivity contribution >= 4 is 29.0 Å². The topological polar surface area (TPSA) is 65.8 Å². The summed E-state index contributed by atoms with van der Waals surface area (Å²) in [4.78, 5) is 20.3. The third kappa shape index (κ3) is 3.45. The summed E-state index contributed by atoms with van der Waals surface area (Å²) in [5.74, 6) is 1.79. The molecule has 0 aliphatic carbocycles. The van der Waals surface area contributed by atoms with Gasteiger partial charge in [-0.05, 0) is 7.05 Å². The first kappa shape index (κ1) is 14.6. The van der Waals surface area contributed by atoms with E-state index in [-0.39, 0.29) is 0 Å². The lowest BCUT2D eigenvalue weighted by Crippen LogP contribution is -2.45. The Bertz CT molecular complexity index is 522. The van der Waals surface area contributed by atoms with Crippen molar-refractivity contribution in [3.05, 3.63) is 12.3 Å². The lowest BCUT2D eigenvalue weighted by Gasteiger charge is -2.32. The molecule has 0 bridgehead atoms. The number of thioether (sulfide) groups is 1. The predicted molar refractivity (Wildman–Crippen MR) is 84.8 cm³/mol. The third-order valence-corrected chi connectivity index (χ3v) is 4.64. The van der Waals surface area contributed by atoms with Crippen molar-refractivity contribution in [2.45, 2.75) is 6.17 Å². The van der Waals surface area contributed by atoms with Gasteiger partial charge in [0.1, 0.15) is 5.82 Å². The molecule has 3 heterocycles. The second-order valence-electron chi connectivity index (χ2n) is 5.26. The van der Waals surface area contributed by atoms with E-state index in [1.807, 2.05) is 6.07 Å². The van der Waals surface area contributed by atoms with Gasteiger partial charge < -0.3 is 10.2 Å². The molecule has 1 fully saturated rings. The Morgan fingerprint density at radius 3 is 3.00 bits per heavy atom. The van der Waals surface area contributed by atoms with Crippen LogP contribution in [0, 0.1) is 0 Å². The first-order chi connectivity index (χ1) is 10.3. The Kier molecular flexibility index (Phi) is 4.57. The number of carbonyl (C=O) groups is 1. The van der Waals surface area contributed by atoms with Crippen LogP contribution in [0.25, 0.3) is 0 Å². The predicted octanol–water partition coefficient (Wildman–Crippen LogP) is 0.343. The molecule has 8 heteroatoms. The second-order valence-corrected chi connectivity index (χ2v) is 6.35. The molecule has 2 aliphatic heterocycles. The van der Waals surface area contributed by atoms with E-state index in [1.165, 1.54) is 0 Å². The lowest BCUT2D eigenvalue weighted by molar-refractivity contribution is -0.110. The van der Waals surface area contributed by atoms with Crippen molar-refractivity contribution in [1.29, 1.82) is 0 Å². The molecule has 114 valence electrons. The molecule has 1 atom stereocenters. The summed E-state index contributed by atoms with van der Waals surface area (Å²) in [5.41, 5.74) is 0. The number of anilines is 1. The summed E-state index contributed by atoms with van der Waals surface area (Å²) < 4.78 is 1.59. The minimum atomic E-state index is -0.539. The minimum Gasteiger partial charge on any atom is -0.320 e. The zero-order valence-electron chi connectivity index (χ0n) is 12.1. The molecule has 1 saturated heterocycles. The smallest absolute Gasteiger partial charge is 0.201 e. The highest BCUT2D eigenvalue weighted by Gasteiger charge is 2.21. The van der Waals surface area contributed by atoms with Crippen LogP contribution in [-0.4, -0.2) is 76.6 Å². The van der Waals surface area contributed by atoms with Gasteiger partial charge in [-0.2, -0.15) is 5.10 Å². The van der Waals surface area contributed by atoms with Gasteiger partial charge in [0.05, 0.1) is 6.20 Å². The number of hydrogen-bond donors (Lipinski definition) is 1. The minimum absolute atomic E-state index is 0.539. The van der Waals surface area contributed by atoms with Gasteiger partial charge in [0.25, 0.3) is 0 Å². The van der Waals surface area contributed by atoms with Crippen LogP contribution in [0.1, 0.15) is 6.17 Å². The normalized spacial score (nSPS) is 23.3. The Hall–Kier alpha value is -1.38.